The molecule has 0 saturated carbocycles. The maximum Gasteiger partial charge on any atom is 0.338 e. The first-order chi connectivity index (χ1) is 9.20. The fraction of sp³-hybridized carbons (Fsp3) is 0.214. The van der Waals surface area contributed by atoms with Crippen LogP contribution in [-0.2, 0) is 11.3 Å². The van der Waals surface area contributed by atoms with Crippen LogP contribution in [0.3, 0.4) is 0 Å². The molecular formula is C14H14N2O3. The van der Waals surface area contributed by atoms with Crippen molar-refractivity contribution in [2.24, 2.45) is 0 Å². The van der Waals surface area contributed by atoms with Gasteiger partial charge < -0.3 is 9.30 Å². The summed E-state index contributed by atoms with van der Waals surface area (Å²) in [5, 5.41) is 0. The third-order valence-electron chi connectivity index (χ3n) is 2.60. The Morgan fingerprint density at radius 3 is 2.47 bits per heavy atom. The maximum atomic E-state index is 12.0. The Bertz CT molecular complexity index is 559. The highest BCUT2D eigenvalue weighted by Crippen LogP contribution is 2.08. The Labute approximate surface area is 110 Å². The molecule has 0 atom stereocenters. The molecule has 19 heavy (non-hydrogen) atoms. The molecule has 1 heterocycles. The van der Waals surface area contributed by atoms with Crippen LogP contribution in [0.25, 0.3) is 0 Å². The minimum absolute atomic E-state index is 0.0339. The SMILES string of the molecule is CCOC(=O)c1ccc(C(=O)Cn2ccnc2)cc1. The lowest BCUT2D eigenvalue weighted by molar-refractivity contribution is 0.0526. The zero-order valence-corrected chi connectivity index (χ0v) is 10.6. The van der Waals surface area contributed by atoms with E-state index in [2.05, 4.69) is 4.98 Å². The highest BCUT2D eigenvalue weighted by atomic mass is 16.5. The van der Waals surface area contributed by atoms with Crippen molar-refractivity contribution in [2.75, 3.05) is 6.61 Å². The number of hydrogen-bond donors (Lipinski definition) is 0. The Hall–Kier alpha value is -2.43. The summed E-state index contributed by atoms with van der Waals surface area (Å²) in [5.41, 5.74) is 1.00. The van der Waals surface area contributed by atoms with Gasteiger partial charge in [0.15, 0.2) is 5.78 Å². The van der Waals surface area contributed by atoms with E-state index in [0.29, 0.717) is 17.7 Å². The summed E-state index contributed by atoms with van der Waals surface area (Å²) in [4.78, 5) is 27.3. The smallest absolute Gasteiger partial charge is 0.338 e. The van der Waals surface area contributed by atoms with Crippen molar-refractivity contribution in [3.05, 3.63) is 54.1 Å². The van der Waals surface area contributed by atoms with Gasteiger partial charge in [0.2, 0.25) is 0 Å². The lowest BCUT2D eigenvalue weighted by Crippen LogP contribution is -2.10. The summed E-state index contributed by atoms with van der Waals surface area (Å²) in [6.45, 7) is 2.32. The normalized spacial score (nSPS) is 10.2. The first-order valence-electron chi connectivity index (χ1n) is 5.97. The van der Waals surface area contributed by atoms with E-state index in [1.807, 2.05) is 0 Å². The van der Waals surface area contributed by atoms with Crippen molar-refractivity contribution in [2.45, 2.75) is 13.5 Å². The molecule has 0 bridgehead atoms. The van der Waals surface area contributed by atoms with Crippen LogP contribution >= 0.6 is 0 Å². The van der Waals surface area contributed by atoms with Crippen LogP contribution in [0.1, 0.15) is 27.6 Å². The van der Waals surface area contributed by atoms with Crippen molar-refractivity contribution in [3.63, 3.8) is 0 Å². The van der Waals surface area contributed by atoms with Crippen LogP contribution < -0.4 is 0 Å². The maximum absolute atomic E-state index is 12.0. The van der Waals surface area contributed by atoms with Crippen LogP contribution in [0.15, 0.2) is 43.0 Å². The number of nitrogens with zero attached hydrogens (tertiary/aromatic N) is 2. The molecule has 0 amide bonds. The average molecular weight is 258 g/mol. The summed E-state index contributed by atoms with van der Waals surface area (Å²) in [5.74, 6) is -0.412. The number of ether oxygens (including phenoxy) is 1. The lowest BCUT2D eigenvalue weighted by atomic mass is 10.1. The molecule has 0 spiro atoms. The second kappa shape index (κ2) is 5.95. The van der Waals surface area contributed by atoms with Gasteiger partial charge in [-0.25, -0.2) is 9.78 Å². The van der Waals surface area contributed by atoms with E-state index in [1.54, 1.807) is 54.5 Å². The van der Waals surface area contributed by atoms with Crippen LogP contribution in [0, 0.1) is 0 Å². The summed E-state index contributed by atoms with van der Waals surface area (Å²) in [7, 11) is 0. The first kappa shape index (κ1) is 13.0. The van der Waals surface area contributed by atoms with E-state index in [0.717, 1.165) is 0 Å². The molecule has 5 nitrogen and oxygen atoms in total. The minimum atomic E-state index is -0.379. The number of carbonyl (C=O) groups is 2. The molecule has 0 aliphatic rings. The van der Waals surface area contributed by atoms with Gasteiger partial charge in [-0.15, -0.1) is 0 Å². The zero-order chi connectivity index (χ0) is 13.7. The molecule has 1 aromatic heterocycles. The molecule has 0 N–H and O–H groups in total. The van der Waals surface area contributed by atoms with E-state index in [1.165, 1.54) is 0 Å². The monoisotopic (exact) mass is 258 g/mol. The van der Waals surface area contributed by atoms with E-state index in [4.69, 9.17) is 4.74 Å². The van der Waals surface area contributed by atoms with Gasteiger partial charge in [-0.3, -0.25) is 4.79 Å². The molecule has 5 heteroatoms. The highest BCUT2D eigenvalue weighted by molar-refractivity contribution is 5.97. The van der Waals surface area contributed by atoms with Crippen molar-refractivity contribution in [1.82, 2.24) is 9.55 Å². The van der Waals surface area contributed by atoms with Gasteiger partial charge in [0.25, 0.3) is 0 Å². The predicted octanol–water partition coefficient (Wildman–Crippen LogP) is 1.94. The first-order valence-corrected chi connectivity index (χ1v) is 5.97. The number of ketones is 1. The molecular weight excluding hydrogens is 244 g/mol. The number of rotatable bonds is 5. The van der Waals surface area contributed by atoms with Gasteiger partial charge in [-0.05, 0) is 19.1 Å². The van der Waals surface area contributed by atoms with Crippen molar-refractivity contribution >= 4 is 11.8 Å². The van der Waals surface area contributed by atoms with Gasteiger partial charge in [-0.2, -0.15) is 0 Å². The molecule has 0 saturated heterocycles. The quantitative estimate of drug-likeness (QED) is 0.607. The molecule has 0 fully saturated rings. The lowest BCUT2D eigenvalue weighted by Gasteiger charge is -2.04. The summed E-state index contributed by atoms with van der Waals surface area (Å²) in [6, 6.07) is 6.45. The topological polar surface area (TPSA) is 61.2 Å². The molecule has 0 unspecified atom stereocenters. The fourth-order valence-electron chi connectivity index (χ4n) is 1.64. The van der Waals surface area contributed by atoms with E-state index < -0.39 is 0 Å². The number of Topliss-reactive ketones (excluding diaryl/α,β-unsaturated/α-hetero) is 1. The van der Waals surface area contributed by atoms with Crippen LogP contribution in [0.4, 0.5) is 0 Å². The van der Waals surface area contributed by atoms with Gasteiger partial charge >= 0.3 is 5.97 Å². The van der Waals surface area contributed by atoms with Gasteiger partial charge in [-0.1, -0.05) is 12.1 Å². The summed E-state index contributed by atoms with van der Waals surface area (Å²) >= 11 is 0. The second-order valence-corrected chi connectivity index (χ2v) is 3.96. The molecule has 0 aliphatic heterocycles. The predicted molar refractivity (Wildman–Crippen MR) is 69.0 cm³/mol. The number of benzene rings is 1. The van der Waals surface area contributed by atoms with Gasteiger partial charge in [0, 0.05) is 18.0 Å². The van der Waals surface area contributed by atoms with Crippen LogP contribution in [-0.4, -0.2) is 27.9 Å². The summed E-state index contributed by atoms with van der Waals surface area (Å²) < 4.78 is 6.57. The number of carbonyl (C=O) groups excluding carboxylic acids is 2. The van der Waals surface area contributed by atoms with E-state index in [-0.39, 0.29) is 18.3 Å². The Morgan fingerprint density at radius 2 is 1.89 bits per heavy atom. The third-order valence-corrected chi connectivity index (χ3v) is 2.60. The van der Waals surface area contributed by atoms with E-state index in [9.17, 15) is 9.59 Å². The highest BCUT2D eigenvalue weighted by Gasteiger charge is 2.09. The standard InChI is InChI=1S/C14H14N2O3/c1-2-19-14(18)12-5-3-11(4-6-12)13(17)9-16-8-7-15-10-16/h3-8,10H,2,9H2,1H3. The molecule has 2 rings (SSSR count). The van der Waals surface area contributed by atoms with Crippen LogP contribution in [0.5, 0.6) is 0 Å². The zero-order valence-electron chi connectivity index (χ0n) is 10.6. The molecule has 1 aromatic carbocycles. The van der Waals surface area contributed by atoms with Crippen molar-refractivity contribution < 1.29 is 14.3 Å². The van der Waals surface area contributed by atoms with Crippen molar-refractivity contribution in [3.8, 4) is 0 Å². The average Bonchev–Trinajstić information content (AvgIpc) is 2.92. The fourth-order valence-corrected chi connectivity index (χ4v) is 1.64. The Morgan fingerprint density at radius 1 is 1.21 bits per heavy atom. The molecule has 0 radical (unpaired) electrons. The number of esters is 1. The van der Waals surface area contributed by atoms with Crippen LogP contribution in [0.2, 0.25) is 0 Å². The van der Waals surface area contributed by atoms with Gasteiger partial charge in [0.05, 0.1) is 25.0 Å². The third kappa shape index (κ3) is 3.28. The summed E-state index contributed by atoms with van der Waals surface area (Å²) in [6.07, 6.45) is 4.94. The van der Waals surface area contributed by atoms with Gasteiger partial charge in [0.1, 0.15) is 0 Å². The largest absolute Gasteiger partial charge is 0.462 e. The Balaban J connectivity index is 2.05. The number of imidazole rings is 1. The second-order valence-electron chi connectivity index (χ2n) is 3.96. The molecule has 2 aromatic rings. The minimum Gasteiger partial charge on any atom is -0.462 e. The Kier molecular flexibility index (Phi) is 4.07. The van der Waals surface area contributed by atoms with E-state index >= 15 is 0 Å². The number of hydrogen-bond acceptors (Lipinski definition) is 4. The number of aromatic nitrogens is 2. The molecule has 0 aliphatic carbocycles. The van der Waals surface area contributed by atoms with Crippen molar-refractivity contribution in [1.29, 1.82) is 0 Å². The molecule has 98 valence electrons.